The Labute approximate surface area is 290 Å². The summed E-state index contributed by atoms with van der Waals surface area (Å²) in [4.78, 5) is 24.0. The highest BCUT2D eigenvalue weighted by Crippen LogP contribution is 2.29. The summed E-state index contributed by atoms with van der Waals surface area (Å²) in [6, 6.07) is 54.4. The second-order valence-corrected chi connectivity index (χ2v) is 11.3. The lowest BCUT2D eigenvalue weighted by atomic mass is 10.1. The van der Waals surface area contributed by atoms with E-state index < -0.39 is 0 Å². The molecule has 7 rings (SSSR count). The predicted octanol–water partition coefficient (Wildman–Crippen LogP) is 9.49. The molecule has 7 heteroatoms. The van der Waals surface area contributed by atoms with Crippen molar-refractivity contribution >= 4 is 17.4 Å². The summed E-state index contributed by atoms with van der Waals surface area (Å²) in [5.74, 6) is 3.68. The smallest absolute Gasteiger partial charge is 0.164 e. The molecule has 7 nitrogen and oxygen atoms in total. The van der Waals surface area contributed by atoms with Crippen LogP contribution < -0.4 is 10.5 Å². The van der Waals surface area contributed by atoms with Gasteiger partial charge in [-0.2, -0.15) is 0 Å². The number of hydrogen-bond donors (Lipinski definition) is 1. The molecule has 0 saturated carbocycles. The Kier molecular flexibility index (Phi) is 9.38. The van der Waals surface area contributed by atoms with Crippen LogP contribution in [0.25, 0.3) is 39.9 Å². The van der Waals surface area contributed by atoms with E-state index in [-0.39, 0.29) is 0 Å². The lowest BCUT2D eigenvalue weighted by Crippen LogP contribution is -2.16. The molecular formula is C43H32N6O. The molecule has 1 heterocycles. The minimum Gasteiger partial charge on any atom is -0.457 e. The lowest BCUT2D eigenvalue weighted by molar-refractivity contribution is 0.483. The summed E-state index contributed by atoms with van der Waals surface area (Å²) in [5, 5.41) is 0. The third-order valence-electron chi connectivity index (χ3n) is 7.76. The standard InChI is InChI=1S/C43H32N6O/c1-30(31-16-6-2-7-17-31)45-40(32-18-8-3-9-19-32)46-39(44)35-24-14-26-37(28-35)50-38-27-15-25-36(29-38)43-48-41(33-20-10-4-11-21-33)47-42(49-43)34-22-12-5-13-23-34/h2-29H,1H2,(H2,44,45,46). The van der Waals surface area contributed by atoms with Crippen LogP contribution >= 0.6 is 0 Å². The maximum Gasteiger partial charge on any atom is 0.164 e. The Morgan fingerprint density at radius 1 is 0.460 bits per heavy atom. The number of aromatic nitrogens is 3. The van der Waals surface area contributed by atoms with E-state index >= 15 is 0 Å². The van der Waals surface area contributed by atoms with Gasteiger partial charge in [-0.3, -0.25) is 0 Å². The molecule has 0 amide bonds. The Balaban J connectivity index is 1.18. The van der Waals surface area contributed by atoms with Crippen LogP contribution in [0, 0.1) is 0 Å². The number of rotatable bonds is 9. The SMILES string of the molecule is C=C(N=C(N=C(N)c1cccc(Oc2cccc(-c3nc(-c4ccccc4)nc(-c4ccccc4)n3)c2)c1)c1ccccc1)c1ccccc1. The Morgan fingerprint density at radius 2 is 0.900 bits per heavy atom. The highest BCUT2D eigenvalue weighted by Gasteiger charge is 2.13. The summed E-state index contributed by atoms with van der Waals surface area (Å²) < 4.78 is 6.35. The van der Waals surface area contributed by atoms with Crippen molar-refractivity contribution in [3.63, 3.8) is 0 Å². The molecule has 1 aromatic heterocycles. The fraction of sp³-hybridized carbons (Fsp3) is 0. The van der Waals surface area contributed by atoms with Gasteiger partial charge in [-0.15, -0.1) is 0 Å². The Morgan fingerprint density at radius 3 is 1.48 bits per heavy atom. The Hall–Kier alpha value is -6.99. The molecule has 0 aliphatic carbocycles. The molecule has 0 aliphatic rings. The van der Waals surface area contributed by atoms with Gasteiger partial charge in [-0.05, 0) is 29.8 Å². The number of amidine groups is 2. The Bertz CT molecular complexity index is 2250. The molecule has 0 saturated heterocycles. The monoisotopic (exact) mass is 648 g/mol. The molecule has 6 aromatic carbocycles. The molecule has 0 radical (unpaired) electrons. The molecular weight excluding hydrogens is 617 g/mol. The van der Waals surface area contributed by atoms with Gasteiger partial charge in [0.25, 0.3) is 0 Å². The summed E-state index contributed by atoms with van der Waals surface area (Å²) in [6.45, 7) is 4.17. The minimum atomic E-state index is 0.291. The van der Waals surface area contributed by atoms with Crippen LogP contribution in [-0.2, 0) is 0 Å². The van der Waals surface area contributed by atoms with Crippen molar-refractivity contribution in [2.75, 3.05) is 0 Å². The molecule has 7 aromatic rings. The average Bonchev–Trinajstić information content (AvgIpc) is 3.19. The lowest BCUT2D eigenvalue weighted by Gasteiger charge is -2.11. The van der Waals surface area contributed by atoms with Crippen LogP contribution in [0.2, 0.25) is 0 Å². The molecule has 2 N–H and O–H groups in total. The quantitative estimate of drug-likeness (QED) is 0.124. The fourth-order valence-electron chi connectivity index (χ4n) is 5.23. The van der Waals surface area contributed by atoms with E-state index in [0.717, 1.165) is 27.8 Å². The first-order chi connectivity index (χ1) is 24.6. The van der Waals surface area contributed by atoms with E-state index in [0.29, 0.717) is 51.9 Å². The fourth-order valence-corrected chi connectivity index (χ4v) is 5.23. The first-order valence-corrected chi connectivity index (χ1v) is 16.1. The normalized spacial score (nSPS) is 11.6. The van der Waals surface area contributed by atoms with Crippen LogP contribution in [0.4, 0.5) is 0 Å². The van der Waals surface area contributed by atoms with Crippen molar-refractivity contribution < 1.29 is 4.74 Å². The molecule has 240 valence electrons. The highest BCUT2D eigenvalue weighted by molar-refractivity contribution is 6.12. The molecule has 0 unspecified atom stereocenters. The van der Waals surface area contributed by atoms with Gasteiger partial charge in [0.1, 0.15) is 17.3 Å². The largest absolute Gasteiger partial charge is 0.457 e. The summed E-state index contributed by atoms with van der Waals surface area (Å²) in [6.07, 6.45) is 0. The number of aliphatic imine (C=N–C) groups is 2. The minimum absolute atomic E-state index is 0.291. The predicted molar refractivity (Wildman–Crippen MR) is 202 cm³/mol. The number of nitrogens with two attached hydrogens (primary N) is 1. The second-order valence-electron chi connectivity index (χ2n) is 11.3. The van der Waals surface area contributed by atoms with Gasteiger partial charge in [-0.1, -0.05) is 152 Å². The first-order valence-electron chi connectivity index (χ1n) is 16.1. The van der Waals surface area contributed by atoms with E-state index in [1.165, 1.54) is 0 Å². The van der Waals surface area contributed by atoms with Gasteiger partial charge < -0.3 is 10.5 Å². The molecule has 0 fully saturated rings. The van der Waals surface area contributed by atoms with E-state index in [2.05, 4.69) is 6.58 Å². The van der Waals surface area contributed by atoms with Crippen molar-refractivity contribution in [3.05, 3.63) is 193 Å². The van der Waals surface area contributed by atoms with Gasteiger partial charge in [0, 0.05) is 27.8 Å². The van der Waals surface area contributed by atoms with Crippen molar-refractivity contribution in [2.24, 2.45) is 15.7 Å². The van der Waals surface area contributed by atoms with Gasteiger partial charge in [0.2, 0.25) is 0 Å². The van der Waals surface area contributed by atoms with Crippen LogP contribution in [0.1, 0.15) is 16.7 Å². The maximum atomic E-state index is 6.60. The zero-order valence-electron chi connectivity index (χ0n) is 27.1. The molecule has 0 spiro atoms. The van der Waals surface area contributed by atoms with Crippen molar-refractivity contribution in [3.8, 4) is 45.7 Å². The van der Waals surface area contributed by atoms with Gasteiger partial charge in [0.15, 0.2) is 23.3 Å². The van der Waals surface area contributed by atoms with E-state index in [1.807, 2.05) is 170 Å². The average molecular weight is 649 g/mol. The number of ether oxygens (including phenoxy) is 1. The molecule has 0 bridgehead atoms. The van der Waals surface area contributed by atoms with Gasteiger partial charge in [-0.25, -0.2) is 24.9 Å². The zero-order chi connectivity index (χ0) is 34.1. The van der Waals surface area contributed by atoms with Gasteiger partial charge in [0.05, 0.1) is 5.70 Å². The molecule has 0 aliphatic heterocycles. The summed E-state index contributed by atoms with van der Waals surface area (Å²) >= 11 is 0. The van der Waals surface area contributed by atoms with Crippen molar-refractivity contribution in [1.82, 2.24) is 15.0 Å². The van der Waals surface area contributed by atoms with Crippen LogP contribution in [-0.4, -0.2) is 26.6 Å². The molecule has 0 atom stereocenters. The van der Waals surface area contributed by atoms with Crippen LogP contribution in [0.15, 0.2) is 186 Å². The number of benzene rings is 6. The van der Waals surface area contributed by atoms with E-state index in [9.17, 15) is 0 Å². The highest BCUT2D eigenvalue weighted by atomic mass is 16.5. The maximum absolute atomic E-state index is 6.60. The third kappa shape index (κ3) is 7.59. The zero-order valence-corrected chi connectivity index (χ0v) is 27.1. The van der Waals surface area contributed by atoms with Crippen molar-refractivity contribution in [1.29, 1.82) is 0 Å². The van der Waals surface area contributed by atoms with Crippen molar-refractivity contribution in [2.45, 2.75) is 0 Å². The number of hydrogen-bond acceptors (Lipinski definition) is 5. The topological polar surface area (TPSA) is 98.6 Å². The third-order valence-corrected chi connectivity index (χ3v) is 7.76. The summed E-state index contributed by atoms with van der Waals surface area (Å²) in [5.41, 5.74) is 12.2. The van der Waals surface area contributed by atoms with Crippen LogP contribution in [0.5, 0.6) is 11.5 Å². The van der Waals surface area contributed by atoms with E-state index in [1.54, 1.807) is 0 Å². The van der Waals surface area contributed by atoms with Crippen LogP contribution in [0.3, 0.4) is 0 Å². The number of nitrogens with zero attached hydrogens (tertiary/aromatic N) is 5. The first kappa shape index (κ1) is 31.6. The molecule has 50 heavy (non-hydrogen) atoms. The van der Waals surface area contributed by atoms with Gasteiger partial charge >= 0.3 is 0 Å². The second kappa shape index (κ2) is 14.8. The summed E-state index contributed by atoms with van der Waals surface area (Å²) in [7, 11) is 0. The van der Waals surface area contributed by atoms with E-state index in [4.69, 9.17) is 35.4 Å².